The molecule has 81 heavy (non-hydrogen) atoms. The molecule has 0 radical (unpaired) electrons. The van der Waals surface area contributed by atoms with Gasteiger partial charge in [0.1, 0.15) is 13.2 Å². The van der Waals surface area contributed by atoms with E-state index >= 15 is 0 Å². The molecule has 0 aromatic rings. The fourth-order valence-electron chi connectivity index (χ4n) is 9.44. The lowest BCUT2D eigenvalue weighted by Gasteiger charge is -2.18. The zero-order valence-electron chi connectivity index (χ0n) is 53.0. The number of hydrogen-bond donors (Lipinski definition) is 0. The minimum absolute atomic E-state index is 0.0944. The van der Waals surface area contributed by atoms with E-state index < -0.39 is 6.10 Å². The maximum atomic E-state index is 12.9. The molecule has 0 aliphatic heterocycles. The van der Waals surface area contributed by atoms with Crippen LogP contribution in [0.2, 0.25) is 0 Å². The van der Waals surface area contributed by atoms with Crippen molar-refractivity contribution in [3.8, 4) is 0 Å². The van der Waals surface area contributed by atoms with Crippen LogP contribution in [0.5, 0.6) is 0 Å². The molecule has 0 saturated heterocycles. The fraction of sp³-hybridized carbons (Fsp3) is 0.693. The van der Waals surface area contributed by atoms with Crippen LogP contribution in [-0.4, -0.2) is 37.2 Å². The zero-order valence-corrected chi connectivity index (χ0v) is 53.0. The van der Waals surface area contributed by atoms with Gasteiger partial charge in [0.2, 0.25) is 0 Å². The molecule has 0 saturated carbocycles. The van der Waals surface area contributed by atoms with Crippen molar-refractivity contribution in [3.05, 3.63) is 122 Å². The van der Waals surface area contributed by atoms with Crippen LogP contribution < -0.4 is 0 Å². The van der Waals surface area contributed by atoms with Crippen molar-refractivity contribution in [2.24, 2.45) is 0 Å². The third-order valence-corrected chi connectivity index (χ3v) is 14.5. The lowest BCUT2D eigenvalue weighted by atomic mass is 10.0. The molecule has 462 valence electrons. The fourth-order valence-corrected chi connectivity index (χ4v) is 9.44. The SMILES string of the molecule is CC/C=C\C/C=C\C/C=C\C/C=C\C/C=C\C/C=C\CCCCC(=O)OC(COC(=O)CCCCCCCCCCCCCCCCC)COC(=O)CCCCCCCCCCCCCCCC/C=C\C/C=C\C/C=C\C/C=C\CC. The van der Waals surface area contributed by atoms with Crippen LogP contribution in [0.25, 0.3) is 0 Å². The van der Waals surface area contributed by atoms with Crippen molar-refractivity contribution in [2.45, 2.75) is 322 Å². The molecule has 0 aromatic carbocycles. The van der Waals surface area contributed by atoms with Crippen LogP contribution in [0.1, 0.15) is 316 Å². The van der Waals surface area contributed by atoms with Crippen LogP contribution in [0.15, 0.2) is 122 Å². The van der Waals surface area contributed by atoms with Crippen LogP contribution >= 0.6 is 0 Å². The molecule has 1 unspecified atom stereocenters. The Hall–Kier alpha value is -4.19. The Morgan fingerprint density at radius 1 is 0.259 bits per heavy atom. The second-order valence-electron chi connectivity index (χ2n) is 22.3. The van der Waals surface area contributed by atoms with Crippen molar-refractivity contribution in [1.29, 1.82) is 0 Å². The average molecular weight is 1120 g/mol. The van der Waals surface area contributed by atoms with Gasteiger partial charge in [0.05, 0.1) is 0 Å². The number of ether oxygens (including phenoxy) is 3. The molecule has 6 heteroatoms. The monoisotopic (exact) mass is 1120 g/mol. The summed E-state index contributed by atoms with van der Waals surface area (Å²) in [7, 11) is 0. The van der Waals surface area contributed by atoms with Gasteiger partial charge in [0.25, 0.3) is 0 Å². The molecule has 0 rings (SSSR count). The molecule has 0 spiro atoms. The summed E-state index contributed by atoms with van der Waals surface area (Å²) in [6.07, 6.45) is 95.0. The molecule has 0 heterocycles. The Balaban J connectivity index is 4.38. The minimum Gasteiger partial charge on any atom is -0.462 e. The van der Waals surface area contributed by atoms with Crippen molar-refractivity contribution >= 4 is 17.9 Å². The van der Waals surface area contributed by atoms with E-state index in [9.17, 15) is 14.4 Å². The molecule has 0 aliphatic carbocycles. The highest BCUT2D eigenvalue weighted by Gasteiger charge is 2.19. The Bertz CT molecular complexity index is 1670. The van der Waals surface area contributed by atoms with Gasteiger partial charge in [-0.1, -0.05) is 309 Å². The molecule has 0 bridgehead atoms. The number of carbonyl (C=O) groups is 3. The van der Waals surface area contributed by atoms with Gasteiger partial charge in [-0.2, -0.15) is 0 Å². The number of rotatable bonds is 61. The van der Waals surface area contributed by atoms with E-state index in [1.807, 2.05) is 0 Å². The maximum Gasteiger partial charge on any atom is 0.306 e. The van der Waals surface area contributed by atoms with Crippen molar-refractivity contribution < 1.29 is 28.6 Å². The van der Waals surface area contributed by atoms with Gasteiger partial charge in [-0.25, -0.2) is 0 Å². The summed E-state index contributed by atoms with van der Waals surface area (Å²) >= 11 is 0. The number of esters is 3. The van der Waals surface area contributed by atoms with E-state index in [1.165, 1.54) is 154 Å². The highest BCUT2D eigenvalue weighted by molar-refractivity contribution is 5.71. The first-order valence-electron chi connectivity index (χ1n) is 34.0. The first-order chi connectivity index (χ1) is 40.0. The number of allylic oxidation sites excluding steroid dienone is 20. The third-order valence-electron chi connectivity index (χ3n) is 14.5. The first-order valence-corrected chi connectivity index (χ1v) is 34.0. The van der Waals surface area contributed by atoms with Crippen molar-refractivity contribution in [2.75, 3.05) is 13.2 Å². The molecular formula is C75H126O6. The molecule has 0 N–H and O–H groups in total. The van der Waals surface area contributed by atoms with Crippen molar-refractivity contribution in [1.82, 2.24) is 0 Å². The average Bonchev–Trinajstić information content (AvgIpc) is 3.47. The molecule has 0 amide bonds. The normalized spacial score (nSPS) is 12.9. The molecule has 6 nitrogen and oxygen atoms in total. The second kappa shape index (κ2) is 68.3. The molecule has 0 fully saturated rings. The van der Waals surface area contributed by atoms with Gasteiger partial charge in [0.15, 0.2) is 6.10 Å². The first kappa shape index (κ1) is 76.8. The second-order valence-corrected chi connectivity index (χ2v) is 22.3. The topological polar surface area (TPSA) is 78.9 Å². The van der Waals surface area contributed by atoms with Gasteiger partial charge in [-0.15, -0.1) is 0 Å². The summed E-state index contributed by atoms with van der Waals surface area (Å²) < 4.78 is 16.9. The van der Waals surface area contributed by atoms with Gasteiger partial charge in [-0.05, 0) is 109 Å². The van der Waals surface area contributed by atoms with Gasteiger partial charge in [-0.3, -0.25) is 14.4 Å². The van der Waals surface area contributed by atoms with E-state index in [0.29, 0.717) is 19.3 Å². The molecule has 1 atom stereocenters. The molecule has 0 aromatic heterocycles. The highest BCUT2D eigenvalue weighted by atomic mass is 16.6. The number of carbonyl (C=O) groups excluding carboxylic acids is 3. The predicted molar refractivity (Wildman–Crippen MR) is 353 cm³/mol. The Kier molecular flexibility index (Phi) is 64.8. The lowest BCUT2D eigenvalue weighted by molar-refractivity contribution is -0.167. The van der Waals surface area contributed by atoms with E-state index in [1.54, 1.807) is 0 Å². The predicted octanol–water partition coefficient (Wildman–Crippen LogP) is 23.6. The Morgan fingerprint density at radius 3 is 0.778 bits per heavy atom. The summed E-state index contributed by atoms with van der Waals surface area (Å²) in [4.78, 5) is 38.4. The Labute approximate surface area is 501 Å². The number of hydrogen-bond acceptors (Lipinski definition) is 6. The van der Waals surface area contributed by atoms with Gasteiger partial charge >= 0.3 is 17.9 Å². The van der Waals surface area contributed by atoms with E-state index in [0.717, 1.165) is 116 Å². The minimum atomic E-state index is -0.804. The molecular weight excluding hydrogens is 997 g/mol. The van der Waals surface area contributed by atoms with E-state index in [2.05, 4.69) is 142 Å². The Morgan fingerprint density at radius 2 is 0.481 bits per heavy atom. The van der Waals surface area contributed by atoms with Crippen molar-refractivity contribution in [3.63, 3.8) is 0 Å². The van der Waals surface area contributed by atoms with Gasteiger partial charge < -0.3 is 14.2 Å². The highest BCUT2D eigenvalue weighted by Crippen LogP contribution is 2.17. The van der Waals surface area contributed by atoms with Crippen LogP contribution in [0.4, 0.5) is 0 Å². The summed E-state index contributed by atoms with van der Waals surface area (Å²) in [6, 6.07) is 0. The quantitative estimate of drug-likeness (QED) is 0.0261. The van der Waals surface area contributed by atoms with E-state index in [-0.39, 0.29) is 37.5 Å². The van der Waals surface area contributed by atoms with Crippen LogP contribution in [-0.2, 0) is 28.6 Å². The zero-order chi connectivity index (χ0) is 58.5. The maximum absolute atomic E-state index is 12.9. The summed E-state index contributed by atoms with van der Waals surface area (Å²) in [5.74, 6) is -0.927. The smallest absolute Gasteiger partial charge is 0.306 e. The van der Waals surface area contributed by atoms with Gasteiger partial charge in [0, 0.05) is 19.3 Å². The lowest BCUT2D eigenvalue weighted by Crippen LogP contribution is -2.30. The largest absolute Gasteiger partial charge is 0.462 e. The van der Waals surface area contributed by atoms with Crippen LogP contribution in [0.3, 0.4) is 0 Å². The van der Waals surface area contributed by atoms with E-state index in [4.69, 9.17) is 14.2 Å². The standard InChI is InChI=1S/C75H126O6/c1-4-7-10-13-16-19-22-25-28-30-32-34-35-36-37-38-39-41-42-44-47-50-53-56-59-62-65-68-74(77)80-71-72(70-79-73(76)67-64-61-58-55-52-49-46-27-24-21-18-15-12-9-6-3)81-75(78)69-66-63-60-57-54-51-48-45-43-40-33-31-29-26-23-20-17-14-11-8-5-2/h7-8,10-11,16-17,19-20,25-26,28-29,32-34,40,45,48,54,57,72H,4-6,9,12-15,18,21-24,27,30-31,35-39,41-44,46-47,49-53,55-56,58-71H2,1-3H3/b10-7-,11-8-,19-16-,20-17-,28-25-,29-26-,34-32-,40-33-,48-45-,57-54-. The number of unbranched alkanes of at least 4 members (excludes halogenated alkanes) is 30. The summed E-state index contributed by atoms with van der Waals surface area (Å²) in [5, 5.41) is 0. The summed E-state index contributed by atoms with van der Waals surface area (Å²) in [5.41, 5.74) is 0. The third kappa shape index (κ3) is 66.5. The van der Waals surface area contributed by atoms with Crippen LogP contribution in [0, 0.1) is 0 Å². The summed E-state index contributed by atoms with van der Waals surface area (Å²) in [6.45, 7) is 6.41. The molecule has 0 aliphatic rings.